The first kappa shape index (κ1) is 22.4. The molecule has 2 saturated heterocycles. The van der Waals surface area contributed by atoms with Gasteiger partial charge in [0.25, 0.3) is 0 Å². The van der Waals surface area contributed by atoms with Gasteiger partial charge in [0.15, 0.2) is 11.5 Å². The van der Waals surface area contributed by atoms with Crippen LogP contribution in [0.25, 0.3) is 0 Å². The average Bonchev–Trinajstić information content (AvgIpc) is 3.41. The van der Waals surface area contributed by atoms with E-state index in [9.17, 15) is 9.90 Å². The number of allylic oxidation sites excluding steroid dienone is 1. The van der Waals surface area contributed by atoms with Gasteiger partial charge in [-0.15, -0.1) is 0 Å². The first-order chi connectivity index (χ1) is 16.4. The summed E-state index contributed by atoms with van der Waals surface area (Å²) in [5.41, 5.74) is 2.28. The largest absolute Gasteiger partial charge is 0.461 e. The van der Waals surface area contributed by atoms with E-state index < -0.39 is 6.10 Å². The molecule has 1 aromatic rings. The van der Waals surface area contributed by atoms with Crippen molar-refractivity contribution in [2.75, 3.05) is 39.5 Å². The summed E-state index contributed by atoms with van der Waals surface area (Å²) < 4.78 is 16.8. The first-order valence-electron chi connectivity index (χ1n) is 12.8. The zero-order valence-corrected chi connectivity index (χ0v) is 20.2. The number of hydrogen-bond donors (Lipinski definition) is 1. The highest BCUT2D eigenvalue weighted by atomic mass is 16.7. The summed E-state index contributed by atoms with van der Waals surface area (Å²) in [6.45, 7) is 10.1. The number of hydrogen-bond acceptors (Lipinski definition) is 7. The second kappa shape index (κ2) is 8.54. The van der Waals surface area contributed by atoms with E-state index in [0.29, 0.717) is 19.3 Å². The van der Waals surface area contributed by atoms with E-state index >= 15 is 0 Å². The highest BCUT2D eigenvalue weighted by molar-refractivity contribution is 5.76. The lowest BCUT2D eigenvalue weighted by Crippen LogP contribution is -2.55. The molecule has 3 aliphatic heterocycles. The van der Waals surface area contributed by atoms with E-state index in [1.807, 2.05) is 6.07 Å². The fourth-order valence-corrected chi connectivity index (χ4v) is 6.98. The van der Waals surface area contributed by atoms with Crippen molar-refractivity contribution in [3.63, 3.8) is 0 Å². The minimum Gasteiger partial charge on any atom is -0.461 e. The summed E-state index contributed by atoms with van der Waals surface area (Å²) >= 11 is 0. The lowest BCUT2D eigenvalue weighted by atomic mass is 9.55. The van der Waals surface area contributed by atoms with Crippen LogP contribution in [0.15, 0.2) is 29.8 Å². The second-order valence-corrected chi connectivity index (χ2v) is 11.1. The van der Waals surface area contributed by atoms with Gasteiger partial charge in [0, 0.05) is 57.0 Å². The third-order valence-electron chi connectivity index (χ3n) is 9.33. The summed E-state index contributed by atoms with van der Waals surface area (Å²) in [6.07, 6.45) is 4.53. The molecule has 0 amide bonds. The molecule has 7 nitrogen and oxygen atoms in total. The fourth-order valence-electron chi connectivity index (χ4n) is 6.98. The Kier molecular flexibility index (Phi) is 5.62. The number of benzene rings is 1. The van der Waals surface area contributed by atoms with Crippen molar-refractivity contribution in [1.82, 2.24) is 9.80 Å². The number of esters is 1. The van der Waals surface area contributed by atoms with Crippen molar-refractivity contribution in [2.45, 2.75) is 51.9 Å². The summed E-state index contributed by atoms with van der Waals surface area (Å²) in [4.78, 5) is 17.8. The molecule has 6 atom stereocenters. The maximum atomic E-state index is 12.9. The Labute approximate surface area is 201 Å². The number of aliphatic hydroxyl groups excluding tert-OH is 1. The molecule has 184 valence electrons. The van der Waals surface area contributed by atoms with Gasteiger partial charge in [-0.25, -0.2) is 0 Å². The predicted octanol–water partition coefficient (Wildman–Crippen LogP) is 2.82. The summed E-state index contributed by atoms with van der Waals surface area (Å²) in [6, 6.07) is 6.16. The van der Waals surface area contributed by atoms with Crippen molar-refractivity contribution in [2.24, 2.45) is 23.2 Å². The molecule has 3 heterocycles. The smallest absolute Gasteiger partial charge is 0.311 e. The van der Waals surface area contributed by atoms with Crippen LogP contribution in [0.5, 0.6) is 11.5 Å². The van der Waals surface area contributed by atoms with Crippen molar-refractivity contribution >= 4 is 5.97 Å². The van der Waals surface area contributed by atoms with Gasteiger partial charge in [-0.2, -0.15) is 0 Å². The van der Waals surface area contributed by atoms with Gasteiger partial charge in [-0.3, -0.25) is 14.6 Å². The zero-order valence-electron chi connectivity index (χ0n) is 20.2. The molecule has 2 aliphatic carbocycles. The van der Waals surface area contributed by atoms with Crippen LogP contribution in [0.4, 0.5) is 0 Å². The van der Waals surface area contributed by atoms with Gasteiger partial charge in [0.2, 0.25) is 6.79 Å². The molecule has 6 rings (SSSR count). The van der Waals surface area contributed by atoms with Crippen LogP contribution < -0.4 is 9.47 Å². The molecule has 5 aliphatic rings. The van der Waals surface area contributed by atoms with Crippen LogP contribution in [0.3, 0.4) is 0 Å². The van der Waals surface area contributed by atoms with Crippen LogP contribution in [-0.2, 0) is 16.1 Å². The Hall–Kier alpha value is -2.09. The van der Waals surface area contributed by atoms with Gasteiger partial charge in [-0.1, -0.05) is 31.6 Å². The molecular weight excluding hydrogens is 432 g/mol. The third-order valence-corrected chi connectivity index (χ3v) is 9.33. The van der Waals surface area contributed by atoms with E-state index in [2.05, 4.69) is 41.9 Å². The minimum absolute atomic E-state index is 0.109. The Morgan fingerprint density at radius 2 is 1.88 bits per heavy atom. The van der Waals surface area contributed by atoms with Crippen LogP contribution in [-0.4, -0.2) is 72.6 Å². The van der Waals surface area contributed by atoms with Crippen molar-refractivity contribution in [3.8, 4) is 11.5 Å². The molecule has 0 spiro atoms. The molecule has 34 heavy (non-hydrogen) atoms. The maximum Gasteiger partial charge on any atom is 0.311 e. The lowest BCUT2D eigenvalue weighted by Gasteiger charge is -2.52. The van der Waals surface area contributed by atoms with E-state index in [1.165, 1.54) is 11.1 Å². The first-order valence-corrected chi connectivity index (χ1v) is 12.8. The highest BCUT2D eigenvalue weighted by Gasteiger charge is 2.59. The number of aliphatic hydroxyl groups is 1. The summed E-state index contributed by atoms with van der Waals surface area (Å²) in [7, 11) is 0. The number of rotatable bonds is 4. The number of carbonyl (C=O) groups excluding carboxylic acids is 1. The fraction of sp³-hybridized carbons (Fsp3) is 0.667. The van der Waals surface area contributed by atoms with Gasteiger partial charge < -0.3 is 19.3 Å². The summed E-state index contributed by atoms with van der Waals surface area (Å²) in [5.74, 6) is 1.59. The standard InChI is InChI=1S/C27H36N2O5/c1-17-4-3-5-19-13-23-24(25(30)27(17,19)2)20(26(31)34-23)15-29-10-8-28(9-11-29)14-18-6-7-21-22(12-18)33-16-32-21/h5-7,12,17,20,23-25,30H,3-4,8-11,13-16H2,1-2H3/t17-,20+,23-,24+,25+,27-/m1/s1. The number of fused-ring (bicyclic) bond motifs is 3. The topological polar surface area (TPSA) is 71.5 Å². The average molecular weight is 469 g/mol. The SMILES string of the molecule is C[C@@H]1CCC=C2C[C@H]3OC(=O)[C@@H](CN4CCN(Cc5ccc6c(c5)OCO6)CC4)[C@@H]3[C@H](O)[C@@]21C. The predicted molar refractivity (Wildman–Crippen MR) is 126 cm³/mol. The van der Waals surface area contributed by atoms with Gasteiger partial charge in [0.05, 0.1) is 12.0 Å². The maximum absolute atomic E-state index is 12.9. The van der Waals surface area contributed by atoms with Crippen molar-refractivity contribution in [1.29, 1.82) is 0 Å². The van der Waals surface area contributed by atoms with Crippen molar-refractivity contribution in [3.05, 3.63) is 35.4 Å². The Bertz CT molecular complexity index is 987. The Morgan fingerprint density at radius 1 is 1.12 bits per heavy atom. The van der Waals surface area contributed by atoms with Gasteiger partial charge in [-0.05, 0) is 36.5 Å². The third kappa shape index (κ3) is 3.64. The van der Waals surface area contributed by atoms with E-state index in [0.717, 1.165) is 63.5 Å². The normalized spacial score (nSPS) is 37.7. The monoisotopic (exact) mass is 468 g/mol. The molecule has 0 bridgehead atoms. The summed E-state index contributed by atoms with van der Waals surface area (Å²) in [5, 5.41) is 11.6. The van der Waals surface area contributed by atoms with E-state index in [1.54, 1.807) is 0 Å². The number of nitrogens with zero attached hydrogens (tertiary/aromatic N) is 2. The molecular formula is C27H36N2O5. The van der Waals surface area contributed by atoms with Gasteiger partial charge >= 0.3 is 5.97 Å². The molecule has 0 radical (unpaired) electrons. The molecule has 1 aromatic carbocycles. The van der Waals surface area contributed by atoms with Gasteiger partial charge in [0.1, 0.15) is 6.10 Å². The van der Waals surface area contributed by atoms with Crippen molar-refractivity contribution < 1.29 is 24.1 Å². The molecule has 1 N–H and O–H groups in total. The molecule has 1 saturated carbocycles. The Balaban J connectivity index is 1.09. The number of carbonyl (C=O) groups is 1. The lowest BCUT2D eigenvalue weighted by molar-refractivity contribution is -0.145. The Morgan fingerprint density at radius 3 is 2.71 bits per heavy atom. The molecule has 0 unspecified atom stereocenters. The van der Waals surface area contributed by atoms with Crippen LogP contribution in [0, 0.1) is 23.2 Å². The van der Waals surface area contributed by atoms with E-state index in [4.69, 9.17) is 14.2 Å². The van der Waals surface area contributed by atoms with E-state index in [-0.39, 0.29) is 29.3 Å². The molecule has 7 heteroatoms. The van der Waals surface area contributed by atoms with Crippen LogP contribution in [0.1, 0.15) is 38.7 Å². The minimum atomic E-state index is -0.531. The zero-order chi connectivity index (χ0) is 23.4. The van der Waals surface area contributed by atoms with Crippen LogP contribution >= 0.6 is 0 Å². The number of ether oxygens (including phenoxy) is 3. The number of piperazine rings is 1. The highest BCUT2D eigenvalue weighted by Crippen LogP contribution is 2.56. The quantitative estimate of drug-likeness (QED) is 0.538. The second-order valence-electron chi connectivity index (χ2n) is 11.1. The molecule has 0 aromatic heterocycles. The van der Waals surface area contributed by atoms with Crippen LogP contribution in [0.2, 0.25) is 0 Å². The molecule has 3 fully saturated rings.